The molecule has 0 atom stereocenters. The molecule has 1 aromatic rings. The molecule has 0 spiro atoms. The number of hydrogen-bond acceptors (Lipinski definition) is 2. The molecule has 0 aromatic heterocycles. The van der Waals surface area contributed by atoms with E-state index in [1.807, 2.05) is 19.1 Å². The third-order valence-corrected chi connectivity index (χ3v) is 2.68. The van der Waals surface area contributed by atoms with Gasteiger partial charge in [0.1, 0.15) is 5.75 Å². The van der Waals surface area contributed by atoms with Crippen LogP contribution in [0, 0.1) is 5.92 Å². The van der Waals surface area contributed by atoms with E-state index in [0.29, 0.717) is 30.1 Å². The van der Waals surface area contributed by atoms with Crippen molar-refractivity contribution >= 4 is 41.5 Å². The molecule has 1 aromatic carbocycles. The lowest BCUT2D eigenvalue weighted by Gasteiger charge is -2.10. The largest absolute Gasteiger partial charge is 0.493 e. The van der Waals surface area contributed by atoms with Crippen molar-refractivity contribution in [2.45, 2.75) is 27.3 Å². The molecule has 0 saturated heterocycles. The van der Waals surface area contributed by atoms with Crippen LogP contribution in [0.5, 0.6) is 5.75 Å². The van der Waals surface area contributed by atoms with Gasteiger partial charge in [-0.1, -0.05) is 31.5 Å². The average Bonchev–Trinajstić information content (AvgIpc) is 2.35. The van der Waals surface area contributed by atoms with Gasteiger partial charge in [0.05, 0.1) is 13.2 Å². The van der Waals surface area contributed by atoms with E-state index in [1.165, 1.54) is 0 Å². The Labute approximate surface area is 143 Å². The second kappa shape index (κ2) is 10.1. The highest BCUT2D eigenvalue weighted by atomic mass is 127. The summed E-state index contributed by atoms with van der Waals surface area (Å²) in [5, 5.41) is 3.73. The van der Waals surface area contributed by atoms with Crippen LogP contribution in [-0.4, -0.2) is 19.1 Å². The van der Waals surface area contributed by atoms with Crippen LogP contribution in [0.3, 0.4) is 0 Å². The topological polar surface area (TPSA) is 59.6 Å². The molecule has 0 aliphatic heterocycles. The molecule has 0 aliphatic carbocycles. The predicted molar refractivity (Wildman–Crippen MR) is 96.2 cm³/mol. The normalized spacial score (nSPS) is 11.2. The zero-order valence-corrected chi connectivity index (χ0v) is 15.2. The minimum absolute atomic E-state index is 0. The Kier molecular flexibility index (Phi) is 9.75. The van der Waals surface area contributed by atoms with Crippen molar-refractivity contribution in [3.63, 3.8) is 0 Å². The quantitative estimate of drug-likeness (QED) is 0.428. The van der Waals surface area contributed by atoms with E-state index in [9.17, 15) is 0 Å². The zero-order valence-electron chi connectivity index (χ0n) is 12.1. The monoisotopic (exact) mass is 411 g/mol. The number of rotatable bonds is 6. The minimum Gasteiger partial charge on any atom is -0.493 e. The van der Waals surface area contributed by atoms with E-state index in [-0.39, 0.29) is 24.0 Å². The van der Waals surface area contributed by atoms with E-state index >= 15 is 0 Å². The van der Waals surface area contributed by atoms with E-state index < -0.39 is 0 Å². The first-order valence-electron chi connectivity index (χ1n) is 6.48. The molecule has 0 fully saturated rings. The number of nitrogens with two attached hydrogens (primary N) is 1. The second-order valence-corrected chi connectivity index (χ2v) is 5.10. The molecule has 1 rings (SSSR count). The van der Waals surface area contributed by atoms with E-state index in [2.05, 4.69) is 24.2 Å². The predicted octanol–water partition coefficient (Wildman–Crippen LogP) is 3.42. The van der Waals surface area contributed by atoms with Crippen molar-refractivity contribution in [2.24, 2.45) is 16.6 Å². The molecule has 3 N–H and O–H groups in total. The average molecular weight is 412 g/mol. The number of halogens is 2. The number of nitrogens with one attached hydrogen (secondary N) is 1. The summed E-state index contributed by atoms with van der Waals surface area (Å²) >= 11 is 5.95. The summed E-state index contributed by atoms with van der Waals surface area (Å²) in [5.41, 5.74) is 6.77. The summed E-state index contributed by atoms with van der Waals surface area (Å²) in [4.78, 5) is 4.30. The summed E-state index contributed by atoms with van der Waals surface area (Å²) in [6, 6.07) is 5.53. The molecule has 0 heterocycles. The third-order valence-electron chi connectivity index (χ3n) is 2.44. The molecule has 0 aliphatic rings. The van der Waals surface area contributed by atoms with Crippen LogP contribution < -0.4 is 15.8 Å². The lowest BCUT2D eigenvalue weighted by molar-refractivity contribution is 0.336. The highest BCUT2D eigenvalue weighted by Crippen LogP contribution is 2.24. The van der Waals surface area contributed by atoms with Gasteiger partial charge in [0.25, 0.3) is 0 Å². The SMILES string of the molecule is CCOc1cc(Cl)ccc1CN=C(N)NCC(C)C.I. The summed E-state index contributed by atoms with van der Waals surface area (Å²) in [7, 11) is 0. The molecule has 0 saturated carbocycles. The van der Waals surface area contributed by atoms with Crippen LogP contribution in [-0.2, 0) is 6.54 Å². The maximum absolute atomic E-state index is 5.95. The van der Waals surface area contributed by atoms with E-state index in [1.54, 1.807) is 6.07 Å². The van der Waals surface area contributed by atoms with Crippen LogP contribution in [0.1, 0.15) is 26.3 Å². The van der Waals surface area contributed by atoms with Crippen LogP contribution in [0.4, 0.5) is 0 Å². The number of hydrogen-bond donors (Lipinski definition) is 2. The number of ether oxygens (including phenoxy) is 1. The Bertz CT molecular complexity index is 438. The second-order valence-electron chi connectivity index (χ2n) is 4.66. The van der Waals surface area contributed by atoms with E-state index in [4.69, 9.17) is 22.1 Å². The Morgan fingerprint density at radius 3 is 2.75 bits per heavy atom. The highest BCUT2D eigenvalue weighted by molar-refractivity contribution is 14.0. The van der Waals surface area contributed by atoms with Gasteiger partial charge in [0, 0.05) is 17.1 Å². The number of benzene rings is 1. The van der Waals surface area contributed by atoms with Crippen molar-refractivity contribution in [1.29, 1.82) is 0 Å². The molecule has 20 heavy (non-hydrogen) atoms. The van der Waals surface area contributed by atoms with Crippen LogP contribution in [0.2, 0.25) is 5.02 Å². The molecule has 0 unspecified atom stereocenters. The maximum Gasteiger partial charge on any atom is 0.188 e. The lowest BCUT2D eigenvalue weighted by Crippen LogP contribution is -2.34. The molecule has 0 amide bonds. The molecular weight excluding hydrogens is 389 g/mol. The van der Waals surface area contributed by atoms with Crippen molar-refractivity contribution < 1.29 is 4.74 Å². The Morgan fingerprint density at radius 1 is 1.45 bits per heavy atom. The number of nitrogens with zero attached hydrogens (tertiary/aromatic N) is 1. The fourth-order valence-electron chi connectivity index (χ4n) is 1.48. The fourth-order valence-corrected chi connectivity index (χ4v) is 1.65. The Morgan fingerprint density at radius 2 is 2.15 bits per heavy atom. The highest BCUT2D eigenvalue weighted by Gasteiger charge is 2.04. The van der Waals surface area contributed by atoms with Gasteiger partial charge in [0.15, 0.2) is 5.96 Å². The Hall–Kier alpha value is -0.690. The summed E-state index contributed by atoms with van der Waals surface area (Å²) in [6.07, 6.45) is 0. The first-order valence-corrected chi connectivity index (χ1v) is 6.85. The van der Waals surface area contributed by atoms with Gasteiger partial charge in [-0.15, -0.1) is 24.0 Å². The molecule has 4 nitrogen and oxygen atoms in total. The van der Waals surface area contributed by atoms with Crippen molar-refractivity contribution in [3.8, 4) is 5.75 Å². The number of guanidine groups is 1. The fraction of sp³-hybridized carbons (Fsp3) is 0.500. The molecular formula is C14H23ClIN3O. The Balaban J connectivity index is 0.00000361. The molecule has 0 radical (unpaired) electrons. The van der Waals surface area contributed by atoms with Gasteiger partial charge in [0.2, 0.25) is 0 Å². The molecule has 6 heteroatoms. The van der Waals surface area contributed by atoms with Crippen LogP contribution in [0.15, 0.2) is 23.2 Å². The van der Waals surface area contributed by atoms with Gasteiger partial charge in [-0.3, -0.25) is 0 Å². The summed E-state index contributed by atoms with van der Waals surface area (Å²) < 4.78 is 5.53. The van der Waals surface area contributed by atoms with Gasteiger partial charge >= 0.3 is 0 Å². The maximum atomic E-state index is 5.95. The lowest BCUT2D eigenvalue weighted by atomic mass is 10.2. The summed E-state index contributed by atoms with van der Waals surface area (Å²) in [5.74, 6) is 1.74. The van der Waals surface area contributed by atoms with Crippen LogP contribution >= 0.6 is 35.6 Å². The first kappa shape index (κ1) is 19.3. The smallest absolute Gasteiger partial charge is 0.188 e. The third kappa shape index (κ3) is 7.19. The zero-order chi connectivity index (χ0) is 14.3. The minimum atomic E-state index is 0. The van der Waals surface area contributed by atoms with Crippen molar-refractivity contribution in [1.82, 2.24) is 5.32 Å². The molecule has 114 valence electrons. The first-order chi connectivity index (χ1) is 9.02. The van der Waals surface area contributed by atoms with Gasteiger partial charge in [-0.2, -0.15) is 0 Å². The van der Waals surface area contributed by atoms with Crippen molar-refractivity contribution in [2.75, 3.05) is 13.2 Å². The molecule has 0 bridgehead atoms. The van der Waals surface area contributed by atoms with E-state index in [0.717, 1.165) is 17.9 Å². The van der Waals surface area contributed by atoms with Crippen molar-refractivity contribution in [3.05, 3.63) is 28.8 Å². The van der Waals surface area contributed by atoms with Gasteiger partial charge in [-0.25, -0.2) is 4.99 Å². The van der Waals surface area contributed by atoms with Crippen LogP contribution in [0.25, 0.3) is 0 Å². The standard InChI is InChI=1S/C14H22ClN3O.HI/c1-4-19-13-7-12(15)6-5-11(13)9-18-14(16)17-8-10(2)3;/h5-7,10H,4,8-9H2,1-3H3,(H3,16,17,18);1H. The number of aliphatic imine (C=N–C) groups is 1. The summed E-state index contributed by atoms with van der Waals surface area (Å²) in [6.45, 7) is 8.06. The van der Waals surface area contributed by atoms with Gasteiger partial charge in [-0.05, 0) is 25.0 Å². The van der Waals surface area contributed by atoms with Gasteiger partial charge < -0.3 is 15.8 Å².